The topological polar surface area (TPSA) is 25.2 Å². The standard InChI is InChI=1S/C28H24F4N2O/c29-25-13-11-21(12-14-25)17-27(35)34(18-22-6-2-1-3-7-22)20-26-10-5-15-33(26)19-23-8-4-9-24(16-23)28(30,31)32/h1-16H,17-20H2. The van der Waals surface area contributed by atoms with E-state index in [0.717, 1.165) is 23.4 Å². The predicted octanol–water partition coefficient (Wildman–Crippen LogP) is 6.47. The Hall–Kier alpha value is -3.87. The first kappa shape index (κ1) is 24.3. The molecule has 1 heterocycles. The van der Waals surface area contributed by atoms with Crippen molar-refractivity contribution in [3.63, 3.8) is 0 Å². The fraction of sp³-hybridized carbons (Fsp3) is 0.179. The highest BCUT2D eigenvalue weighted by atomic mass is 19.4. The minimum atomic E-state index is -4.41. The monoisotopic (exact) mass is 480 g/mol. The molecule has 3 nitrogen and oxygen atoms in total. The zero-order valence-corrected chi connectivity index (χ0v) is 18.9. The Balaban J connectivity index is 1.55. The molecule has 0 aliphatic carbocycles. The minimum absolute atomic E-state index is 0.113. The lowest BCUT2D eigenvalue weighted by atomic mass is 10.1. The van der Waals surface area contributed by atoms with E-state index >= 15 is 0 Å². The van der Waals surface area contributed by atoms with Crippen molar-refractivity contribution in [1.29, 1.82) is 0 Å². The second-order valence-electron chi connectivity index (χ2n) is 8.36. The Labute approximate surface area is 201 Å². The summed E-state index contributed by atoms with van der Waals surface area (Å²) in [6, 6.07) is 24.3. The number of halogens is 4. The summed E-state index contributed by atoms with van der Waals surface area (Å²) in [4.78, 5) is 15.0. The SMILES string of the molecule is O=C(Cc1ccc(F)cc1)N(Cc1ccccc1)Cc1cccn1Cc1cccc(C(F)(F)F)c1. The molecule has 180 valence electrons. The Bertz CT molecular complexity index is 1260. The van der Waals surface area contributed by atoms with Gasteiger partial charge in [0.05, 0.1) is 18.5 Å². The zero-order valence-electron chi connectivity index (χ0n) is 18.9. The molecule has 0 unspecified atom stereocenters. The second kappa shape index (κ2) is 10.6. The summed E-state index contributed by atoms with van der Waals surface area (Å²) in [5.41, 5.74) is 2.28. The van der Waals surface area contributed by atoms with Gasteiger partial charge in [0, 0.05) is 25.0 Å². The number of aromatic nitrogens is 1. The molecule has 4 rings (SSSR count). The van der Waals surface area contributed by atoms with Crippen LogP contribution in [0.25, 0.3) is 0 Å². The molecule has 35 heavy (non-hydrogen) atoms. The summed E-state index contributed by atoms with van der Waals surface area (Å²) >= 11 is 0. The maximum atomic E-state index is 13.3. The molecule has 0 N–H and O–H groups in total. The maximum absolute atomic E-state index is 13.3. The summed E-state index contributed by atoms with van der Waals surface area (Å²) in [6.07, 6.45) is -2.50. The largest absolute Gasteiger partial charge is 0.416 e. The van der Waals surface area contributed by atoms with E-state index in [1.54, 1.807) is 29.3 Å². The van der Waals surface area contributed by atoms with Crippen LogP contribution in [0.15, 0.2) is 97.2 Å². The van der Waals surface area contributed by atoms with Gasteiger partial charge in [0.1, 0.15) is 5.82 Å². The average Bonchev–Trinajstić information content (AvgIpc) is 3.27. The third kappa shape index (κ3) is 6.59. The maximum Gasteiger partial charge on any atom is 0.416 e. The third-order valence-corrected chi connectivity index (χ3v) is 5.72. The number of rotatable bonds is 8. The van der Waals surface area contributed by atoms with Crippen LogP contribution in [0.1, 0.15) is 27.9 Å². The van der Waals surface area contributed by atoms with E-state index in [2.05, 4.69) is 0 Å². The Morgan fingerprint density at radius 2 is 1.49 bits per heavy atom. The van der Waals surface area contributed by atoms with Gasteiger partial charge >= 0.3 is 6.18 Å². The summed E-state index contributed by atoms with van der Waals surface area (Å²) in [7, 11) is 0. The van der Waals surface area contributed by atoms with Gasteiger partial charge in [-0.05, 0) is 53.1 Å². The number of carbonyl (C=O) groups excluding carboxylic acids is 1. The van der Waals surface area contributed by atoms with E-state index in [1.165, 1.54) is 18.2 Å². The van der Waals surface area contributed by atoms with Crippen molar-refractivity contribution in [2.24, 2.45) is 0 Å². The number of carbonyl (C=O) groups is 1. The third-order valence-electron chi connectivity index (χ3n) is 5.72. The number of hydrogen-bond acceptors (Lipinski definition) is 1. The molecule has 0 aliphatic heterocycles. The fourth-order valence-electron chi connectivity index (χ4n) is 3.91. The molecule has 0 radical (unpaired) electrons. The van der Waals surface area contributed by atoms with Crippen molar-refractivity contribution in [2.45, 2.75) is 32.2 Å². The van der Waals surface area contributed by atoms with Crippen LogP contribution in [0, 0.1) is 5.82 Å². The molecule has 1 aromatic heterocycles. The molecule has 0 bridgehead atoms. The fourth-order valence-corrected chi connectivity index (χ4v) is 3.91. The highest BCUT2D eigenvalue weighted by molar-refractivity contribution is 5.78. The molecule has 0 saturated heterocycles. The van der Waals surface area contributed by atoms with Gasteiger partial charge in [-0.3, -0.25) is 4.79 Å². The molecule has 0 atom stereocenters. The molecule has 0 fully saturated rings. The number of benzene rings is 3. The first-order chi connectivity index (χ1) is 16.8. The van der Waals surface area contributed by atoms with E-state index in [4.69, 9.17) is 0 Å². The van der Waals surface area contributed by atoms with E-state index in [-0.39, 0.29) is 31.2 Å². The summed E-state index contributed by atoms with van der Waals surface area (Å²) < 4.78 is 54.5. The van der Waals surface area contributed by atoms with Crippen molar-refractivity contribution in [3.05, 3.63) is 131 Å². The Kier molecular flexibility index (Phi) is 7.34. The lowest BCUT2D eigenvalue weighted by Crippen LogP contribution is -2.32. The summed E-state index contributed by atoms with van der Waals surface area (Å²) in [6.45, 7) is 0.897. The lowest BCUT2D eigenvalue weighted by molar-refractivity contribution is -0.137. The average molecular weight is 481 g/mol. The summed E-state index contributed by atoms with van der Waals surface area (Å²) in [5.74, 6) is -0.498. The van der Waals surface area contributed by atoms with E-state index in [0.29, 0.717) is 17.7 Å². The highest BCUT2D eigenvalue weighted by Crippen LogP contribution is 2.29. The van der Waals surface area contributed by atoms with Gasteiger partial charge in [-0.15, -0.1) is 0 Å². The zero-order chi connectivity index (χ0) is 24.8. The Morgan fingerprint density at radius 1 is 0.771 bits per heavy atom. The van der Waals surface area contributed by atoms with Crippen molar-refractivity contribution >= 4 is 5.91 Å². The molecule has 1 amide bonds. The molecule has 7 heteroatoms. The smallest absolute Gasteiger partial charge is 0.345 e. The van der Waals surface area contributed by atoms with Gasteiger partial charge in [-0.1, -0.05) is 54.6 Å². The Morgan fingerprint density at radius 3 is 2.20 bits per heavy atom. The molecular weight excluding hydrogens is 456 g/mol. The van der Waals surface area contributed by atoms with Gasteiger partial charge in [0.2, 0.25) is 5.91 Å². The van der Waals surface area contributed by atoms with Gasteiger partial charge in [-0.2, -0.15) is 13.2 Å². The number of hydrogen-bond donors (Lipinski definition) is 0. The number of amides is 1. The molecule has 0 spiro atoms. The first-order valence-corrected chi connectivity index (χ1v) is 11.1. The lowest BCUT2D eigenvalue weighted by Gasteiger charge is -2.24. The van der Waals surface area contributed by atoms with Gasteiger partial charge in [0.15, 0.2) is 0 Å². The summed E-state index contributed by atoms with van der Waals surface area (Å²) in [5, 5.41) is 0. The van der Waals surface area contributed by atoms with E-state index in [1.807, 2.05) is 47.0 Å². The van der Waals surface area contributed by atoms with Crippen molar-refractivity contribution in [1.82, 2.24) is 9.47 Å². The first-order valence-electron chi connectivity index (χ1n) is 11.1. The van der Waals surface area contributed by atoms with Crippen molar-refractivity contribution in [2.75, 3.05) is 0 Å². The molecule has 0 saturated carbocycles. The minimum Gasteiger partial charge on any atom is -0.345 e. The number of alkyl halides is 3. The predicted molar refractivity (Wildman–Crippen MR) is 126 cm³/mol. The molecular formula is C28H24F4N2O. The normalized spacial score (nSPS) is 11.4. The van der Waals surface area contributed by atoms with Crippen LogP contribution in [-0.4, -0.2) is 15.4 Å². The number of nitrogens with zero attached hydrogens (tertiary/aromatic N) is 2. The molecule has 0 aliphatic rings. The van der Waals surface area contributed by atoms with Crippen LogP contribution in [-0.2, 0) is 37.0 Å². The van der Waals surface area contributed by atoms with Gasteiger partial charge in [0.25, 0.3) is 0 Å². The van der Waals surface area contributed by atoms with Crippen molar-refractivity contribution < 1.29 is 22.4 Å². The van der Waals surface area contributed by atoms with Crippen LogP contribution in [0.3, 0.4) is 0 Å². The van der Waals surface area contributed by atoms with Crippen LogP contribution >= 0.6 is 0 Å². The van der Waals surface area contributed by atoms with E-state index < -0.39 is 11.7 Å². The van der Waals surface area contributed by atoms with Crippen LogP contribution in [0.2, 0.25) is 0 Å². The van der Waals surface area contributed by atoms with Crippen LogP contribution in [0.4, 0.5) is 17.6 Å². The van der Waals surface area contributed by atoms with Gasteiger partial charge < -0.3 is 9.47 Å². The van der Waals surface area contributed by atoms with Crippen LogP contribution < -0.4 is 0 Å². The highest BCUT2D eigenvalue weighted by Gasteiger charge is 2.30. The van der Waals surface area contributed by atoms with Crippen molar-refractivity contribution in [3.8, 4) is 0 Å². The second-order valence-corrected chi connectivity index (χ2v) is 8.36. The molecule has 4 aromatic rings. The quantitative estimate of drug-likeness (QED) is 0.266. The van der Waals surface area contributed by atoms with E-state index in [9.17, 15) is 22.4 Å². The molecule has 3 aromatic carbocycles. The van der Waals surface area contributed by atoms with Crippen LogP contribution in [0.5, 0.6) is 0 Å². The van der Waals surface area contributed by atoms with Gasteiger partial charge in [-0.25, -0.2) is 4.39 Å².